The van der Waals surface area contributed by atoms with Crippen LogP contribution in [0.5, 0.6) is 0 Å². The third-order valence-corrected chi connectivity index (χ3v) is 6.46. The summed E-state index contributed by atoms with van der Waals surface area (Å²) in [4.78, 5) is 0. The Morgan fingerprint density at radius 3 is 1.56 bits per heavy atom. The summed E-state index contributed by atoms with van der Waals surface area (Å²) < 4.78 is 11.5. The maximum Gasteiger partial charge on any atom is 0.189 e. The summed E-state index contributed by atoms with van der Waals surface area (Å²) in [7, 11) is -0.629. The van der Waals surface area contributed by atoms with E-state index in [0.29, 0.717) is 24.2 Å². The molecule has 0 spiro atoms. The first kappa shape index (κ1) is 16.4. The van der Waals surface area contributed by atoms with Gasteiger partial charge in [0.15, 0.2) is 8.45 Å². The van der Waals surface area contributed by atoms with Gasteiger partial charge in [0.1, 0.15) is 0 Å². The lowest BCUT2D eigenvalue weighted by atomic mass is 10.1. The molecule has 1 aliphatic rings. The fraction of sp³-hybridized carbons (Fsp3) is 1.00. The lowest BCUT2D eigenvalue weighted by molar-refractivity contribution is 0.106. The van der Waals surface area contributed by atoms with Crippen molar-refractivity contribution >= 4 is 8.45 Å². The zero-order chi connectivity index (χ0) is 14.0. The van der Waals surface area contributed by atoms with E-state index < -0.39 is 8.45 Å². The lowest BCUT2D eigenvalue weighted by Gasteiger charge is -2.52. The Hall–Kier alpha value is 0.310. The van der Waals surface area contributed by atoms with Gasteiger partial charge in [0.25, 0.3) is 0 Å². The van der Waals surface area contributed by atoms with Crippen LogP contribution in [0.15, 0.2) is 0 Å². The Bertz CT molecular complexity index is 238. The molecule has 0 radical (unpaired) electrons. The Labute approximate surface area is 115 Å². The van der Waals surface area contributed by atoms with Gasteiger partial charge >= 0.3 is 0 Å². The molecule has 2 unspecified atom stereocenters. The number of nitrogens with zero attached hydrogens (tertiary/aromatic N) is 2. The van der Waals surface area contributed by atoms with Crippen LogP contribution in [0.25, 0.3) is 0 Å². The van der Waals surface area contributed by atoms with Crippen molar-refractivity contribution in [2.24, 2.45) is 0 Å². The van der Waals surface area contributed by atoms with E-state index in [9.17, 15) is 0 Å². The summed E-state index contributed by atoms with van der Waals surface area (Å²) in [5.41, 5.74) is 0. The third-order valence-electron chi connectivity index (χ3n) is 3.34. The van der Waals surface area contributed by atoms with E-state index in [1.54, 1.807) is 0 Å². The quantitative estimate of drug-likeness (QED) is 0.713. The highest BCUT2D eigenvalue weighted by molar-refractivity contribution is 7.47. The summed E-state index contributed by atoms with van der Waals surface area (Å²) >= 11 is 0. The van der Waals surface area contributed by atoms with E-state index in [2.05, 4.69) is 64.7 Å². The van der Waals surface area contributed by atoms with Crippen LogP contribution in [0.3, 0.4) is 0 Å². The average molecular weight is 274 g/mol. The van der Waals surface area contributed by atoms with Gasteiger partial charge in [0.05, 0.1) is 6.10 Å². The Morgan fingerprint density at radius 1 is 0.889 bits per heavy atom. The standard InChI is InChI=1S/C14H31N2OP/c1-10(2)15-13(7)9-14(8)16(11(3)4)18(15)17-12(5)6/h10-14H,9H2,1-8H3. The monoisotopic (exact) mass is 274 g/mol. The second-order valence-electron chi connectivity index (χ2n) is 6.29. The van der Waals surface area contributed by atoms with Gasteiger partial charge < -0.3 is 4.52 Å². The molecule has 0 aromatic carbocycles. The van der Waals surface area contributed by atoms with Crippen molar-refractivity contribution in [2.45, 2.75) is 92.1 Å². The topological polar surface area (TPSA) is 15.7 Å². The smallest absolute Gasteiger partial charge is 0.189 e. The highest BCUT2D eigenvalue weighted by atomic mass is 31.2. The summed E-state index contributed by atoms with van der Waals surface area (Å²) in [6, 6.07) is 2.30. The highest BCUT2D eigenvalue weighted by Crippen LogP contribution is 2.55. The van der Waals surface area contributed by atoms with Gasteiger partial charge in [-0.15, -0.1) is 0 Å². The second kappa shape index (κ2) is 6.65. The van der Waals surface area contributed by atoms with Crippen molar-refractivity contribution in [3.05, 3.63) is 0 Å². The number of hydrogen-bond donors (Lipinski definition) is 0. The van der Waals surface area contributed by atoms with Gasteiger partial charge in [-0.05, 0) is 61.8 Å². The maximum absolute atomic E-state index is 6.30. The van der Waals surface area contributed by atoms with Gasteiger partial charge in [0.2, 0.25) is 0 Å². The molecule has 0 aliphatic carbocycles. The normalized spacial score (nSPS) is 31.8. The lowest BCUT2D eigenvalue weighted by Crippen LogP contribution is -2.51. The van der Waals surface area contributed by atoms with Crippen LogP contribution in [-0.2, 0) is 4.52 Å². The summed E-state index contributed by atoms with van der Waals surface area (Å²) in [6.07, 6.45) is 1.52. The maximum atomic E-state index is 6.30. The van der Waals surface area contributed by atoms with Crippen molar-refractivity contribution in [2.75, 3.05) is 0 Å². The fourth-order valence-corrected chi connectivity index (χ4v) is 5.36. The molecule has 0 bridgehead atoms. The van der Waals surface area contributed by atoms with Crippen LogP contribution >= 0.6 is 8.45 Å². The van der Waals surface area contributed by atoms with Crippen molar-refractivity contribution in [1.82, 2.24) is 9.34 Å². The first-order valence-corrected chi connectivity index (χ1v) is 8.45. The zero-order valence-corrected chi connectivity index (χ0v) is 14.2. The molecule has 0 aromatic rings. The zero-order valence-electron chi connectivity index (χ0n) is 13.3. The molecule has 1 rings (SSSR count). The van der Waals surface area contributed by atoms with Crippen LogP contribution in [0.2, 0.25) is 0 Å². The van der Waals surface area contributed by atoms with E-state index in [-0.39, 0.29) is 6.10 Å². The average Bonchev–Trinajstić information content (AvgIpc) is 2.13. The van der Waals surface area contributed by atoms with Crippen LogP contribution < -0.4 is 0 Å². The molecule has 4 heteroatoms. The molecule has 108 valence electrons. The van der Waals surface area contributed by atoms with Crippen molar-refractivity contribution < 1.29 is 4.52 Å². The number of hydrogen-bond acceptors (Lipinski definition) is 3. The largest absolute Gasteiger partial charge is 0.329 e. The Balaban J connectivity index is 2.99. The first-order chi connectivity index (χ1) is 8.25. The van der Waals surface area contributed by atoms with Gasteiger partial charge in [0, 0.05) is 24.2 Å². The SMILES string of the molecule is CC(C)OP1N(C(C)C)C(C)CC(C)N1C(C)C. The van der Waals surface area contributed by atoms with E-state index >= 15 is 0 Å². The molecule has 0 aromatic heterocycles. The predicted octanol–water partition coefficient (Wildman–Crippen LogP) is 4.24. The second-order valence-corrected chi connectivity index (χ2v) is 7.93. The minimum atomic E-state index is -0.629. The molecule has 1 heterocycles. The van der Waals surface area contributed by atoms with E-state index in [1.165, 1.54) is 6.42 Å². The molecule has 0 amide bonds. The molecule has 1 saturated heterocycles. The third kappa shape index (κ3) is 3.66. The van der Waals surface area contributed by atoms with E-state index in [1.807, 2.05) is 0 Å². The van der Waals surface area contributed by atoms with Gasteiger partial charge in [-0.3, -0.25) is 0 Å². The van der Waals surface area contributed by atoms with E-state index in [4.69, 9.17) is 4.52 Å². The van der Waals surface area contributed by atoms with E-state index in [0.717, 1.165) is 0 Å². The van der Waals surface area contributed by atoms with Crippen LogP contribution in [-0.4, -0.2) is 39.6 Å². The molecule has 3 nitrogen and oxygen atoms in total. The molecule has 1 aliphatic heterocycles. The molecular weight excluding hydrogens is 243 g/mol. The summed E-state index contributed by atoms with van der Waals surface area (Å²) in [5, 5.41) is 0. The molecule has 2 atom stereocenters. The minimum Gasteiger partial charge on any atom is -0.329 e. The number of rotatable bonds is 4. The van der Waals surface area contributed by atoms with Gasteiger partial charge in [-0.2, -0.15) is 0 Å². The Morgan fingerprint density at radius 2 is 1.28 bits per heavy atom. The first-order valence-electron chi connectivity index (χ1n) is 7.29. The Kier molecular flexibility index (Phi) is 6.05. The molecule has 1 fully saturated rings. The predicted molar refractivity (Wildman–Crippen MR) is 80.6 cm³/mol. The van der Waals surface area contributed by atoms with Gasteiger partial charge in [-0.1, -0.05) is 0 Å². The van der Waals surface area contributed by atoms with Crippen LogP contribution in [0, 0.1) is 0 Å². The molecule has 18 heavy (non-hydrogen) atoms. The van der Waals surface area contributed by atoms with Crippen molar-refractivity contribution in [3.8, 4) is 0 Å². The minimum absolute atomic E-state index is 0.288. The van der Waals surface area contributed by atoms with Crippen LogP contribution in [0.4, 0.5) is 0 Å². The fourth-order valence-electron chi connectivity index (χ4n) is 2.88. The highest BCUT2D eigenvalue weighted by Gasteiger charge is 2.42. The molecule has 0 N–H and O–H groups in total. The van der Waals surface area contributed by atoms with Gasteiger partial charge in [-0.25, -0.2) is 9.34 Å². The summed E-state index contributed by atoms with van der Waals surface area (Å²) in [5.74, 6) is 0. The molecule has 0 saturated carbocycles. The molecular formula is C14H31N2OP. The van der Waals surface area contributed by atoms with Crippen molar-refractivity contribution in [1.29, 1.82) is 0 Å². The van der Waals surface area contributed by atoms with Crippen LogP contribution in [0.1, 0.15) is 61.8 Å². The summed E-state index contributed by atoms with van der Waals surface area (Å²) in [6.45, 7) is 18.1. The van der Waals surface area contributed by atoms with Crippen molar-refractivity contribution in [3.63, 3.8) is 0 Å².